The highest BCUT2D eigenvalue weighted by molar-refractivity contribution is 5.81. The highest BCUT2D eigenvalue weighted by Gasteiger charge is 2.53. The van der Waals surface area contributed by atoms with Gasteiger partial charge in [0.05, 0.1) is 18.6 Å². The van der Waals surface area contributed by atoms with E-state index < -0.39 is 29.7 Å². The van der Waals surface area contributed by atoms with Crippen LogP contribution in [-0.4, -0.2) is 28.4 Å². The number of fused-ring (bicyclic) bond motifs is 1. The molecule has 1 fully saturated rings. The molecule has 0 saturated carbocycles. The molecule has 0 aromatic carbocycles. The Labute approximate surface area is 116 Å². The van der Waals surface area contributed by atoms with Crippen LogP contribution >= 0.6 is 0 Å². The van der Waals surface area contributed by atoms with Crippen molar-refractivity contribution in [2.75, 3.05) is 0 Å². The number of aliphatic hydroxyl groups is 2. The van der Waals surface area contributed by atoms with Crippen molar-refractivity contribution in [2.45, 2.75) is 45.0 Å². The van der Waals surface area contributed by atoms with E-state index in [1.165, 1.54) is 6.26 Å². The van der Waals surface area contributed by atoms with Crippen LogP contribution in [0, 0.1) is 5.41 Å². The fourth-order valence-electron chi connectivity index (χ4n) is 3.51. The number of esters is 1. The summed E-state index contributed by atoms with van der Waals surface area (Å²) in [4.78, 5) is 11.9. The largest absolute Gasteiger partial charge is 0.472 e. The van der Waals surface area contributed by atoms with Gasteiger partial charge in [-0.05, 0) is 37.0 Å². The number of rotatable bonds is 1. The molecule has 1 saturated heterocycles. The first-order valence-electron chi connectivity index (χ1n) is 6.75. The summed E-state index contributed by atoms with van der Waals surface area (Å²) in [6, 6.07) is 1.76. The summed E-state index contributed by atoms with van der Waals surface area (Å²) in [7, 11) is 0. The second-order valence-electron chi connectivity index (χ2n) is 5.84. The lowest BCUT2D eigenvalue weighted by Crippen LogP contribution is -2.49. The summed E-state index contributed by atoms with van der Waals surface area (Å²) < 4.78 is 10.5. The monoisotopic (exact) mass is 278 g/mol. The zero-order valence-corrected chi connectivity index (χ0v) is 11.5. The highest BCUT2D eigenvalue weighted by Crippen LogP contribution is 2.54. The highest BCUT2D eigenvalue weighted by atomic mass is 16.6. The Hall–Kier alpha value is -1.59. The van der Waals surface area contributed by atoms with Crippen LogP contribution in [-0.2, 0) is 9.53 Å². The molecule has 2 aliphatic rings. The second-order valence-corrected chi connectivity index (χ2v) is 5.84. The summed E-state index contributed by atoms with van der Waals surface area (Å²) in [5.41, 5.74) is 1.53. The van der Waals surface area contributed by atoms with Gasteiger partial charge in [0.2, 0.25) is 0 Å². The fraction of sp³-hybridized carbons (Fsp3) is 0.533. The van der Waals surface area contributed by atoms with Gasteiger partial charge in [-0.25, -0.2) is 4.79 Å². The van der Waals surface area contributed by atoms with Crippen molar-refractivity contribution in [1.82, 2.24) is 0 Å². The van der Waals surface area contributed by atoms with Crippen molar-refractivity contribution in [3.8, 4) is 0 Å². The molecule has 2 heterocycles. The van der Waals surface area contributed by atoms with E-state index in [2.05, 4.69) is 0 Å². The third-order valence-electron chi connectivity index (χ3n) is 4.63. The Balaban J connectivity index is 2.14. The van der Waals surface area contributed by atoms with E-state index in [0.29, 0.717) is 24.0 Å². The predicted molar refractivity (Wildman–Crippen MR) is 69.6 cm³/mol. The predicted octanol–water partition coefficient (Wildman–Crippen LogP) is 1.72. The van der Waals surface area contributed by atoms with Crippen LogP contribution in [0.25, 0.3) is 0 Å². The van der Waals surface area contributed by atoms with Crippen LogP contribution < -0.4 is 0 Å². The Morgan fingerprint density at radius 3 is 2.80 bits per heavy atom. The molecule has 2 N–H and O–H groups in total. The van der Waals surface area contributed by atoms with Crippen LogP contribution in [0.5, 0.6) is 0 Å². The molecule has 1 aliphatic heterocycles. The van der Waals surface area contributed by atoms with Crippen molar-refractivity contribution in [3.63, 3.8) is 0 Å². The molecule has 5 heteroatoms. The summed E-state index contributed by atoms with van der Waals surface area (Å²) in [5, 5.41) is 20.2. The normalized spacial score (nSPS) is 37.6. The number of ether oxygens (including phenoxy) is 1. The Bertz CT molecular complexity index is 559. The molecule has 108 valence electrons. The number of hydrogen-bond donors (Lipinski definition) is 2. The topological polar surface area (TPSA) is 79.9 Å². The molecule has 1 aromatic heterocycles. The van der Waals surface area contributed by atoms with Crippen molar-refractivity contribution in [3.05, 3.63) is 35.3 Å². The Morgan fingerprint density at radius 2 is 2.15 bits per heavy atom. The van der Waals surface area contributed by atoms with Gasteiger partial charge in [0.25, 0.3) is 0 Å². The average Bonchev–Trinajstić information content (AvgIpc) is 2.93. The lowest BCUT2D eigenvalue weighted by Gasteiger charge is -2.48. The van der Waals surface area contributed by atoms with Gasteiger partial charge >= 0.3 is 5.97 Å². The smallest absolute Gasteiger partial charge is 0.339 e. The molecule has 1 aromatic rings. The molecule has 4 atom stereocenters. The first-order valence-corrected chi connectivity index (χ1v) is 6.75. The summed E-state index contributed by atoms with van der Waals surface area (Å²) in [5.74, 6) is -0.669. The Morgan fingerprint density at radius 1 is 1.40 bits per heavy atom. The number of furan rings is 1. The molecular formula is C15H18O5. The number of hydrogen-bond acceptors (Lipinski definition) is 5. The van der Waals surface area contributed by atoms with Crippen molar-refractivity contribution in [2.24, 2.45) is 5.41 Å². The number of cyclic esters (lactones) is 1. The minimum absolute atomic E-state index is 0.491. The molecule has 20 heavy (non-hydrogen) atoms. The quantitative estimate of drug-likeness (QED) is 0.604. The van der Waals surface area contributed by atoms with Crippen LogP contribution in [0.1, 0.15) is 38.4 Å². The van der Waals surface area contributed by atoms with Gasteiger partial charge in [-0.3, -0.25) is 0 Å². The second kappa shape index (κ2) is 4.46. The fourth-order valence-corrected chi connectivity index (χ4v) is 3.51. The molecular weight excluding hydrogens is 260 g/mol. The number of carbonyl (C=O) groups excluding carboxylic acids is 1. The minimum Gasteiger partial charge on any atom is -0.472 e. The zero-order valence-electron chi connectivity index (χ0n) is 11.5. The molecule has 0 unspecified atom stereocenters. The maximum absolute atomic E-state index is 11.9. The molecule has 0 bridgehead atoms. The molecule has 3 rings (SSSR count). The number of aliphatic hydroxyl groups excluding tert-OH is 2. The van der Waals surface area contributed by atoms with Gasteiger partial charge in [0.15, 0.2) is 6.10 Å². The van der Waals surface area contributed by atoms with E-state index in [0.717, 1.165) is 5.56 Å². The van der Waals surface area contributed by atoms with Gasteiger partial charge < -0.3 is 19.4 Å². The van der Waals surface area contributed by atoms with Crippen molar-refractivity contribution >= 4 is 5.97 Å². The molecule has 0 spiro atoms. The summed E-state index contributed by atoms with van der Waals surface area (Å²) in [6.45, 7) is 3.73. The lowest BCUT2D eigenvalue weighted by molar-refractivity contribution is -0.174. The zero-order chi connectivity index (χ0) is 14.5. The van der Waals surface area contributed by atoms with Crippen molar-refractivity contribution < 1.29 is 24.2 Å². The van der Waals surface area contributed by atoms with Crippen LogP contribution in [0.15, 0.2) is 34.2 Å². The Kier molecular flexibility index (Phi) is 2.99. The summed E-state index contributed by atoms with van der Waals surface area (Å²) in [6.07, 6.45) is 1.92. The van der Waals surface area contributed by atoms with Crippen LogP contribution in [0.4, 0.5) is 0 Å². The van der Waals surface area contributed by atoms with Crippen LogP contribution in [0.2, 0.25) is 0 Å². The lowest BCUT2D eigenvalue weighted by atomic mass is 9.63. The van der Waals surface area contributed by atoms with E-state index in [9.17, 15) is 15.0 Å². The molecule has 5 nitrogen and oxygen atoms in total. The molecule has 0 radical (unpaired) electrons. The number of carbonyl (C=O) groups is 1. The first kappa shape index (κ1) is 13.4. The average molecular weight is 278 g/mol. The van der Waals surface area contributed by atoms with E-state index in [-0.39, 0.29) is 0 Å². The SMILES string of the molecule is CC1=C2[C@H](O)C(=O)O[C@@H](c3ccoc3)[C@]2(C)CC[C@H]1O. The van der Waals surface area contributed by atoms with Gasteiger partial charge in [0, 0.05) is 11.0 Å². The van der Waals surface area contributed by atoms with E-state index in [1.54, 1.807) is 19.3 Å². The van der Waals surface area contributed by atoms with E-state index in [1.807, 2.05) is 6.92 Å². The van der Waals surface area contributed by atoms with E-state index >= 15 is 0 Å². The summed E-state index contributed by atoms with van der Waals surface area (Å²) >= 11 is 0. The third-order valence-corrected chi connectivity index (χ3v) is 4.63. The minimum atomic E-state index is -1.29. The van der Waals surface area contributed by atoms with Crippen LogP contribution in [0.3, 0.4) is 0 Å². The van der Waals surface area contributed by atoms with Gasteiger partial charge in [0.1, 0.15) is 6.10 Å². The van der Waals surface area contributed by atoms with Gasteiger partial charge in [-0.1, -0.05) is 6.92 Å². The molecule has 0 amide bonds. The van der Waals surface area contributed by atoms with Gasteiger partial charge in [-0.2, -0.15) is 0 Å². The van der Waals surface area contributed by atoms with E-state index in [4.69, 9.17) is 9.15 Å². The third kappa shape index (κ3) is 1.73. The molecule has 1 aliphatic carbocycles. The van der Waals surface area contributed by atoms with Crippen molar-refractivity contribution in [1.29, 1.82) is 0 Å². The standard InChI is InChI=1S/C15H18O5/c1-8-10(16)3-5-15(2)11(8)12(17)14(18)20-13(15)9-4-6-19-7-9/h4,6-7,10,12-13,16-17H,3,5H2,1-2H3/t10-,12+,13+,15-/m1/s1. The maximum atomic E-state index is 11.9. The first-order chi connectivity index (χ1) is 9.45. The maximum Gasteiger partial charge on any atom is 0.339 e. The van der Waals surface area contributed by atoms with Gasteiger partial charge in [-0.15, -0.1) is 0 Å².